The molecule has 0 saturated heterocycles. The van der Waals surface area contributed by atoms with Crippen LogP contribution >= 0.6 is 0 Å². The molecule has 60 valence electrons. The van der Waals surface area contributed by atoms with Gasteiger partial charge in [-0.2, -0.15) is 9.62 Å². The molecule has 0 bridgehead atoms. The van der Waals surface area contributed by atoms with Gasteiger partial charge in [-0.1, -0.05) is 12.1 Å². The lowest BCUT2D eigenvalue weighted by Crippen LogP contribution is -1.89. The molecule has 1 aromatic carbocycles. The van der Waals surface area contributed by atoms with Gasteiger partial charge in [0.1, 0.15) is 5.69 Å². The largest absolute Gasteiger partial charge is 0.397 e. The fourth-order valence-electron chi connectivity index (χ4n) is 0.950. The van der Waals surface area contributed by atoms with Gasteiger partial charge in [0, 0.05) is 12.4 Å². The Bertz CT molecular complexity index is 341. The summed E-state index contributed by atoms with van der Waals surface area (Å²) < 4.78 is 3.60. The molecule has 0 fully saturated rings. The maximum atomic E-state index is 8.46. The van der Waals surface area contributed by atoms with Crippen molar-refractivity contribution in [2.45, 2.75) is 6.42 Å². The van der Waals surface area contributed by atoms with Crippen LogP contribution in [0, 0.1) is 11.3 Å². The molecule has 0 aliphatic heterocycles. The van der Waals surface area contributed by atoms with Gasteiger partial charge in [-0.05, 0) is 11.6 Å². The van der Waals surface area contributed by atoms with Crippen LogP contribution < -0.4 is 5.73 Å². The van der Waals surface area contributed by atoms with E-state index >= 15 is 0 Å². The monoisotopic (exact) mass is 177 g/mol. The first-order valence-corrected chi connectivity index (χ1v) is 3.73. The minimum atomic E-state index is 0.292. The number of hydrogen-bond donors (Lipinski definition) is 1. The van der Waals surface area contributed by atoms with Crippen molar-refractivity contribution in [2.75, 3.05) is 5.73 Å². The predicted octanol–water partition coefficient (Wildman–Crippen LogP) is 1.70. The highest BCUT2D eigenvalue weighted by molar-refractivity contribution is 7.47. The number of benzene rings is 1. The highest BCUT2D eigenvalue weighted by Crippen LogP contribution is 2.26. The minimum absolute atomic E-state index is 0.292. The maximum absolute atomic E-state index is 8.46. The molecule has 0 aliphatic carbocycles. The van der Waals surface area contributed by atoms with E-state index < -0.39 is 0 Å². The van der Waals surface area contributed by atoms with Gasteiger partial charge in [-0.15, -0.1) is 0 Å². The molecule has 3 nitrogen and oxygen atoms in total. The highest BCUT2D eigenvalue weighted by Gasteiger charge is 2.03. The number of nitrogens with two attached hydrogens (primary N) is 1. The van der Waals surface area contributed by atoms with Gasteiger partial charge in [0.05, 0.1) is 18.2 Å². The van der Waals surface area contributed by atoms with Gasteiger partial charge in [-0.25, -0.2) is 0 Å². The first kappa shape index (κ1) is 8.62. The maximum Gasteiger partial charge on any atom is 0.104 e. The predicted molar refractivity (Wildman–Crippen MR) is 49.6 cm³/mol. The zero-order valence-electron chi connectivity index (χ0n) is 6.32. The van der Waals surface area contributed by atoms with Crippen LogP contribution in [0.2, 0.25) is 0 Å². The Morgan fingerprint density at radius 1 is 1.58 bits per heavy atom. The second kappa shape index (κ2) is 3.79. The summed E-state index contributed by atoms with van der Waals surface area (Å²) >= 11 is 4.54. The molecular weight excluding hydrogens is 170 g/mol. The quantitative estimate of drug-likeness (QED) is 0.699. The summed E-state index contributed by atoms with van der Waals surface area (Å²) in [5.41, 5.74) is 7.45. The molecule has 0 spiro atoms. The molecule has 0 aromatic heterocycles. The summed E-state index contributed by atoms with van der Waals surface area (Å²) in [6.45, 7) is 0. The number of nitrogens with zero attached hydrogens (tertiary/aromatic N) is 2. The van der Waals surface area contributed by atoms with Crippen LogP contribution in [-0.4, -0.2) is 0 Å². The van der Waals surface area contributed by atoms with Gasteiger partial charge in [-0.3, -0.25) is 0 Å². The first-order chi connectivity index (χ1) is 5.79. The Hall–Kier alpha value is -1.47. The molecular formula is C8H7N3S. The van der Waals surface area contributed by atoms with Crippen molar-refractivity contribution in [1.29, 1.82) is 5.26 Å². The molecule has 0 aliphatic rings. The number of nitrogen functional groups attached to an aromatic ring is 1. The number of nitriles is 1. The van der Waals surface area contributed by atoms with Crippen molar-refractivity contribution < 1.29 is 0 Å². The van der Waals surface area contributed by atoms with E-state index in [1.54, 1.807) is 18.2 Å². The second-order valence-corrected chi connectivity index (χ2v) is 2.46. The summed E-state index contributed by atoms with van der Waals surface area (Å²) in [7, 11) is 0. The fourth-order valence-corrected chi connectivity index (χ4v) is 1.17. The van der Waals surface area contributed by atoms with Crippen LogP contribution in [0.3, 0.4) is 0 Å². The van der Waals surface area contributed by atoms with Gasteiger partial charge in [0.25, 0.3) is 0 Å². The van der Waals surface area contributed by atoms with Crippen molar-refractivity contribution in [3.8, 4) is 6.07 Å². The summed E-state index contributed by atoms with van der Waals surface area (Å²) in [4.78, 5) is 0. The third-order valence-corrected chi connectivity index (χ3v) is 1.69. The average molecular weight is 177 g/mol. The SMILES string of the molecule is N#CCc1cccc(N)c1N=S. The molecule has 12 heavy (non-hydrogen) atoms. The smallest absolute Gasteiger partial charge is 0.104 e. The molecule has 0 radical (unpaired) electrons. The van der Waals surface area contributed by atoms with E-state index in [4.69, 9.17) is 11.0 Å². The van der Waals surface area contributed by atoms with E-state index in [1.165, 1.54) is 0 Å². The number of rotatable bonds is 2. The van der Waals surface area contributed by atoms with Gasteiger partial charge >= 0.3 is 0 Å². The van der Waals surface area contributed by atoms with Crippen molar-refractivity contribution in [1.82, 2.24) is 0 Å². The summed E-state index contributed by atoms with van der Waals surface area (Å²) in [5, 5.41) is 8.46. The average Bonchev–Trinajstić information content (AvgIpc) is 2.05. The lowest BCUT2D eigenvalue weighted by atomic mass is 10.1. The minimum Gasteiger partial charge on any atom is -0.397 e. The molecule has 0 unspecified atom stereocenters. The van der Waals surface area contributed by atoms with Crippen LogP contribution in [0.5, 0.6) is 0 Å². The van der Waals surface area contributed by atoms with E-state index in [0.29, 0.717) is 17.8 Å². The zero-order valence-corrected chi connectivity index (χ0v) is 7.14. The van der Waals surface area contributed by atoms with Crippen LogP contribution in [0.15, 0.2) is 22.6 Å². The van der Waals surface area contributed by atoms with Crippen molar-refractivity contribution in [3.63, 3.8) is 0 Å². The van der Waals surface area contributed by atoms with E-state index in [9.17, 15) is 0 Å². The molecule has 1 aromatic rings. The Morgan fingerprint density at radius 2 is 2.33 bits per heavy atom. The molecule has 2 N–H and O–H groups in total. The van der Waals surface area contributed by atoms with Crippen molar-refractivity contribution in [2.24, 2.45) is 4.36 Å². The normalized spacial score (nSPS) is 8.92. The standard InChI is InChI=1S/C8H7N3S/c9-5-4-6-2-1-3-7(10)8(6)11-12/h1-3H,4,10H2. The lowest BCUT2D eigenvalue weighted by Gasteiger charge is -2.02. The van der Waals surface area contributed by atoms with E-state index in [2.05, 4.69) is 16.8 Å². The number of hydrogen-bond acceptors (Lipinski definition) is 4. The Morgan fingerprint density at radius 3 is 2.92 bits per heavy atom. The van der Waals surface area contributed by atoms with E-state index in [0.717, 1.165) is 5.56 Å². The summed E-state index contributed by atoms with van der Waals surface area (Å²) in [6, 6.07) is 7.32. The topological polar surface area (TPSA) is 62.2 Å². The zero-order chi connectivity index (χ0) is 8.97. The third-order valence-electron chi connectivity index (χ3n) is 1.51. The van der Waals surface area contributed by atoms with Crippen LogP contribution in [0.25, 0.3) is 0 Å². The van der Waals surface area contributed by atoms with Gasteiger partial charge in [0.2, 0.25) is 0 Å². The molecule has 4 heteroatoms. The van der Waals surface area contributed by atoms with Crippen molar-refractivity contribution >= 4 is 23.8 Å². The summed E-state index contributed by atoms with van der Waals surface area (Å²) in [5.74, 6) is 0. The Labute approximate surface area is 76.0 Å². The molecule has 1 rings (SSSR count). The number of anilines is 1. The van der Waals surface area contributed by atoms with Crippen LogP contribution in [0.4, 0.5) is 11.4 Å². The molecule has 0 amide bonds. The third kappa shape index (κ3) is 1.57. The molecule has 0 atom stereocenters. The van der Waals surface area contributed by atoms with Crippen LogP contribution in [-0.2, 0) is 18.8 Å². The summed E-state index contributed by atoms with van der Waals surface area (Å²) in [6.07, 6.45) is 0.292. The fraction of sp³-hybridized carbons (Fsp3) is 0.125. The van der Waals surface area contributed by atoms with Gasteiger partial charge in [0.15, 0.2) is 0 Å². The van der Waals surface area contributed by atoms with Crippen molar-refractivity contribution in [3.05, 3.63) is 23.8 Å². The van der Waals surface area contributed by atoms with Crippen LogP contribution in [0.1, 0.15) is 5.56 Å². The molecule has 0 saturated carbocycles. The van der Waals surface area contributed by atoms with Gasteiger partial charge < -0.3 is 5.73 Å². The van der Waals surface area contributed by atoms with E-state index in [1.807, 2.05) is 6.07 Å². The second-order valence-electron chi connectivity index (χ2n) is 2.28. The lowest BCUT2D eigenvalue weighted by molar-refractivity contribution is 1.25. The molecule has 0 heterocycles. The first-order valence-electron chi connectivity index (χ1n) is 3.37. The Kier molecular flexibility index (Phi) is 2.72. The van der Waals surface area contributed by atoms with E-state index in [-0.39, 0.29) is 0 Å². The Balaban J connectivity index is 3.19. The highest BCUT2D eigenvalue weighted by atomic mass is 32.1.